The SMILES string of the molecule is CC(C)C(C)(O)CN1CCC(C#N)C1. The first-order valence-corrected chi connectivity index (χ1v) is 5.30. The summed E-state index contributed by atoms with van der Waals surface area (Å²) in [5, 5.41) is 18.8. The van der Waals surface area contributed by atoms with Crippen molar-refractivity contribution in [2.45, 2.75) is 32.8 Å². The second kappa shape index (κ2) is 4.29. The molecule has 2 atom stereocenters. The summed E-state index contributed by atoms with van der Waals surface area (Å²) in [6, 6.07) is 2.29. The third-order valence-electron chi connectivity index (χ3n) is 3.24. The Balaban J connectivity index is 2.43. The van der Waals surface area contributed by atoms with Crippen molar-refractivity contribution in [1.82, 2.24) is 4.90 Å². The minimum atomic E-state index is -0.635. The molecule has 2 unspecified atom stereocenters. The molecule has 0 aromatic rings. The van der Waals surface area contributed by atoms with Crippen LogP contribution in [0.3, 0.4) is 0 Å². The van der Waals surface area contributed by atoms with Crippen LogP contribution < -0.4 is 0 Å². The first-order valence-electron chi connectivity index (χ1n) is 5.30. The van der Waals surface area contributed by atoms with Crippen molar-refractivity contribution in [3.8, 4) is 6.07 Å². The van der Waals surface area contributed by atoms with Gasteiger partial charge < -0.3 is 5.11 Å². The first kappa shape index (κ1) is 11.5. The van der Waals surface area contributed by atoms with E-state index in [0.29, 0.717) is 6.54 Å². The zero-order chi connectivity index (χ0) is 10.8. The molecule has 0 saturated carbocycles. The van der Waals surface area contributed by atoms with E-state index < -0.39 is 5.60 Å². The minimum Gasteiger partial charge on any atom is -0.389 e. The summed E-state index contributed by atoms with van der Waals surface area (Å²) in [5.41, 5.74) is -0.635. The van der Waals surface area contributed by atoms with Gasteiger partial charge in [0.25, 0.3) is 0 Å². The zero-order valence-corrected chi connectivity index (χ0v) is 9.32. The molecule has 80 valence electrons. The number of hydrogen-bond donors (Lipinski definition) is 1. The molecule has 3 heteroatoms. The highest BCUT2D eigenvalue weighted by Gasteiger charge is 2.31. The molecule has 1 N–H and O–H groups in total. The minimum absolute atomic E-state index is 0.165. The van der Waals surface area contributed by atoms with Gasteiger partial charge in [-0.05, 0) is 25.8 Å². The number of nitriles is 1. The van der Waals surface area contributed by atoms with Crippen LogP contribution in [-0.4, -0.2) is 35.2 Å². The molecule has 0 bridgehead atoms. The summed E-state index contributed by atoms with van der Waals surface area (Å²) >= 11 is 0. The molecule has 3 nitrogen and oxygen atoms in total. The summed E-state index contributed by atoms with van der Waals surface area (Å²) in [4.78, 5) is 2.19. The predicted molar refractivity (Wildman–Crippen MR) is 55.6 cm³/mol. The molecule has 1 aliphatic rings. The van der Waals surface area contributed by atoms with Crippen LogP contribution in [0.15, 0.2) is 0 Å². The summed E-state index contributed by atoms with van der Waals surface area (Å²) in [6.07, 6.45) is 0.949. The fourth-order valence-electron chi connectivity index (χ4n) is 1.72. The topological polar surface area (TPSA) is 47.3 Å². The van der Waals surface area contributed by atoms with Gasteiger partial charge in [0, 0.05) is 13.1 Å². The third kappa shape index (κ3) is 2.70. The quantitative estimate of drug-likeness (QED) is 0.738. The van der Waals surface area contributed by atoms with E-state index in [2.05, 4.69) is 11.0 Å². The van der Waals surface area contributed by atoms with Crippen molar-refractivity contribution < 1.29 is 5.11 Å². The van der Waals surface area contributed by atoms with Gasteiger partial charge in [-0.1, -0.05) is 13.8 Å². The van der Waals surface area contributed by atoms with Gasteiger partial charge in [-0.3, -0.25) is 4.90 Å². The van der Waals surface area contributed by atoms with E-state index in [0.717, 1.165) is 19.5 Å². The molecule has 1 fully saturated rings. The van der Waals surface area contributed by atoms with Crippen LogP contribution in [0, 0.1) is 23.2 Å². The lowest BCUT2D eigenvalue weighted by atomic mass is 9.92. The maximum atomic E-state index is 10.1. The normalized spacial score (nSPS) is 27.6. The van der Waals surface area contributed by atoms with Crippen molar-refractivity contribution in [2.24, 2.45) is 11.8 Å². The van der Waals surface area contributed by atoms with E-state index in [9.17, 15) is 5.11 Å². The number of β-amino-alcohol motifs (C(OH)–C–C–N with tert-alkyl or cyclic N) is 1. The summed E-state index contributed by atoms with van der Waals surface area (Å²) in [6.45, 7) is 8.37. The Bertz CT molecular complexity index is 230. The Morgan fingerprint density at radius 3 is 2.71 bits per heavy atom. The summed E-state index contributed by atoms with van der Waals surface area (Å²) in [7, 11) is 0. The van der Waals surface area contributed by atoms with Crippen molar-refractivity contribution >= 4 is 0 Å². The molecule has 0 aliphatic carbocycles. The van der Waals surface area contributed by atoms with E-state index in [1.54, 1.807) is 0 Å². The van der Waals surface area contributed by atoms with Crippen LogP contribution in [0.5, 0.6) is 0 Å². The van der Waals surface area contributed by atoms with Crippen LogP contribution >= 0.6 is 0 Å². The van der Waals surface area contributed by atoms with E-state index in [4.69, 9.17) is 5.26 Å². The molecule has 0 amide bonds. The van der Waals surface area contributed by atoms with Crippen LogP contribution in [0.1, 0.15) is 27.2 Å². The average molecular weight is 196 g/mol. The van der Waals surface area contributed by atoms with Crippen LogP contribution in [0.4, 0.5) is 0 Å². The number of likely N-dealkylation sites (tertiary alicyclic amines) is 1. The monoisotopic (exact) mass is 196 g/mol. The number of hydrogen-bond acceptors (Lipinski definition) is 3. The van der Waals surface area contributed by atoms with E-state index in [1.165, 1.54) is 0 Å². The van der Waals surface area contributed by atoms with E-state index >= 15 is 0 Å². The molecule has 1 saturated heterocycles. The predicted octanol–water partition coefficient (Wildman–Crippen LogP) is 1.24. The number of rotatable bonds is 3. The third-order valence-corrected chi connectivity index (χ3v) is 3.24. The zero-order valence-electron chi connectivity index (χ0n) is 9.32. The first-order chi connectivity index (χ1) is 6.45. The molecule has 0 aromatic carbocycles. The van der Waals surface area contributed by atoms with Gasteiger partial charge in [-0.25, -0.2) is 0 Å². The Kier molecular flexibility index (Phi) is 3.52. The van der Waals surface area contributed by atoms with Gasteiger partial charge in [0.2, 0.25) is 0 Å². The van der Waals surface area contributed by atoms with Crippen LogP contribution in [0.25, 0.3) is 0 Å². The molecule has 1 rings (SSSR count). The second-order valence-corrected chi connectivity index (χ2v) is 4.86. The molecular formula is C11H20N2O. The second-order valence-electron chi connectivity index (χ2n) is 4.86. The summed E-state index contributed by atoms with van der Waals surface area (Å²) < 4.78 is 0. The molecule has 0 aromatic heterocycles. The highest BCUT2D eigenvalue weighted by molar-refractivity contribution is 4.93. The Labute approximate surface area is 86.3 Å². The van der Waals surface area contributed by atoms with Crippen molar-refractivity contribution in [3.05, 3.63) is 0 Å². The van der Waals surface area contributed by atoms with Gasteiger partial charge in [0.1, 0.15) is 0 Å². The molecule has 1 aliphatic heterocycles. The fourth-order valence-corrected chi connectivity index (χ4v) is 1.72. The highest BCUT2D eigenvalue weighted by Crippen LogP contribution is 2.22. The molecule has 0 radical (unpaired) electrons. The van der Waals surface area contributed by atoms with Crippen molar-refractivity contribution in [3.63, 3.8) is 0 Å². The van der Waals surface area contributed by atoms with E-state index in [-0.39, 0.29) is 11.8 Å². The van der Waals surface area contributed by atoms with Crippen molar-refractivity contribution in [2.75, 3.05) is 19.6 Å². The average Bonchev–Trinajstić information content (AvgIpc) is 2.51. The molecular weight excluding hydrogens is 176 g/mol. The molecule has 1 heterocycles. The largest absolute Gasteiger partial charge is 0.389 e. The summed E-state index contributed by atoms with van der Waals surface area (Å²) in [5.74, 6) is 0.418. The van der Waals surface area contributed by atoms with Gasteiger partial charge in [-0.15, -0.1) is 0 Å². The van der Waals surface area contributed by atoms with Gasteiger partial charge >= 0.3 is 0 Å². The lowest BCUT2D eigenvalue weighted by molar-refractivity contribution is -0.0140. The standard InChI is InChI=1S/C11H20N2O/c1-9(2)11(3,14)8-13-5-4-10(6-12)7-13/h9-10,14H,4-5,7-8H2,1-3H3. The van der Waals surface area contributed by atoms with Gasteiger partial charge in [-0.2, -0.15) is 5.26 Å². The fraction of sp³-hybridized carbons (Fsp3) is 0.909. The van der Waals surface area contributed by atoms with E-state index in [1.807, 2.05) is 20.8 Å². The molecule has 14 heavy (non-hydrogen) atoms. The van der Waals surface area contributed by atoms with Gasteiger partial charge in [0.05, 0.1) is 17.6 Å². The molecule has 0 spiro atoms. The van der Waals surface area contributed by atoms with Gasteiger partial charge in [0.15, 0.2) is 0 Å². The number of nitrogens with zero attached hydrogens (tertiary/aromatic N) is 2. The number of aliphatic hydroxyl groups is 1. The van der Waals surface area contributed by atoms with Crippen LogP contribution in [-0.2, 0) is 0 Å². The van der Waals surface area contributed by atoms with Crippen LogP contribution in [0.2, 0.25) is 0 Å². The van der Waals surface area contributed by atoms with Crippen molar-refractivity contribution in [1.29, 1.82) is 5.26 Å². The smallest absolute Gasteiger partial charge is 0.0768 e. The maximum absolute atomic E-state index is 10.1. The Morgan fingerprint density at radius 1 is 1.64 bits per heavy atom. The lowest BCUT2D eigenvalue weighted by Crippen LogP contribution is -2.43. The lowest BCUT2D eigenvalue weighted by Gasteiger charge is -2.32. The highest BCUT2D eigenvalue weighted by atomic mass is 16.3. The Hall–Kier alpha value is -0.590. The maximum Gasteiger partial charge on any atom is 0.0768 e. The Morgan fingerprint density at radius 2 is 2.29 bits per heavy atom.